The second-order valence-electron chi connectivity index (χ2n) is 11.4. The fraction of sp³-hybridized carbons (Fsp3) is 0.826. The summed E-state index contributed by atoms with van der Waals surface area (Å²) in [5.41, 5.74) is -2.07. The van der Waals surface area contributed by atoms with Gasteiger partial charge in [-0.2, -0.15) is 13.8 Å². The number of hydrogen-bond donors (Lipinski definition) is 3. The van der Waals surface area contributed by atoms with Gasteiger partial charge in [-0.25, -0.2) is 4.79 Å². The molecule has 0 spiro atoms. The number of alkyl carbamates (subject to hydrolysis) is 1. The van der Waals surface area contributed by atoms with Crippen LogP contribution in [0.2, 0.25) is 0 Å². The van der Waals surface area contributed by atoms with E-state index in [-0.39, 0.29) is 5.92 Å². The van der Waals surface area contributed by atoms with E-state index in [1.165, 1.54) is 5.06 Å². The summed E-state index contributed by atoms with van der Waals surface area (Å²) in [6.07, 6.45) is 2.03. The highest BCUT2D eigenvalue weighted by atomic mass is 19.3. The van der Waals surface area contributed by atoms with Gasteiger partial charge in [0.25, 0.3) is 5.91 Å². The molecule has 0 unspecified atom stereocenters. The first kappa shape index (κ1) is 28.3. The van der Waals surface area contributed by atoms with E-state index in [0.29, 0.717) is 25.3 Å². The van der Waals surface area contributed by atoms with Gasteiger partial charge >= 0.3 is 12.0 Å². The van der Waals surface area contributed by atoms with Gasteiger partial charge in [0, 0.05) is 17.1 Å². The molecule has 1 aliphatic rings. The quantitative estimate of drug-likeness (QED) is 0.480. The Kier molecular flexibility index (Phi) is 8.87. The van der Waals surface area contributed by atoms with Gasteiger partial charge in [-0.15, -0.1) is 0 Å². The molecule has 186 valence electrons. The van der Waals surface area contributed by atoms with Gasteiger partial charge in [-0.1, -0.05) is 19.9 Å². The van der Waals surface area contributed by atoms with Crippen LogP contribution in [0, 0.1) is 5.92 Å². The van der Waals surface area contributed by atoms with Crippen LogP contribution in [0.15, 0.2) is 12.2 Å². The average molecular weight is 462 g/mol. The molecule has 32 heavy (non-hydrogen) atoms. The predicted octanol–water partition coefficient (Wildman–Crippen LogP) is 4.64. The lowest BCUT2D eigenvalue weighted by Crippen LogP contribution is -2.63. The number of hydroxylamine groups is 2. The molecular weight excluding hydrogens is 420 g/mol. The number of nitrogens with zero attached hydrogens (tertiary/aromatic N) is 1. The van der Waals surface area contributed by atoms with Crippen LogP contribution in [0.4, 0.5) is 13.6 Å². The van der Waals surface area contributed by atoms with Crippen LogP contribution in [0.1, 0.15) is 81.6 Å². The second-order valence-corrected chi connectivity index (χ2v) is 11.4. The lowest BCUT2D eigenvalue weighted by Gasteiger charge is -2.51. The molecule has 1 aliphatic heterocycles. The molecule has 0 aromatic carbocycles. The topological polar surface area (TPSA) is 90.9 Å². The normalized spacial score (nSPS) is 20.9. The molecule has 0 aromatic rings. The van der Waals surface area contributed by atoms with Gasteiger partial charge in [0.1, 0.15) is 5.60 Å². The van der Waals surface area contributed by atoms with E-state index in [9.17, 15) is 23.6 Å². The van der Waals surface area contributed by atoms with E-state index in [1.807, 2.05) is 13.8 Å². The first-order valence-electron chi connectivity index (χ1n) is 11.1. The van der Waals surface area contributed by atoms with Gasteiger partial charge in [0.2, 0.25) is 0 Å². The summed E-state index contributed by atoms with van der Waals surface area (Å²) in [4.78, 5) is 24.4. The molecule has 1 rings (SSSR count). The predicted molar refractivity (Wildman–Crippen MR) is 120 cm³/mol. The molecular formula is C23H41F2N3O4. The highest BCUT2D eigenvalue weighted by Gasteiger charge is 2.47. The zero-order valence-corrected chi connectivity index (χ0v) is 20.9. The van der Waals surface area contributed by atoms with Crippen molar-refractivity contribution in [2.45, 2.75) is 116 Å². The van der Waals surface area contributed by atoms with E-state index < -0.39 is 46.7 Å². The van der Waals surface area contributed by atoms with Crippen molar-refractivity contribution in [1.29, 1.82) is 0 Å². The lowest BCUT2D eigenvalue weighted by atomic mass is 9.79. The van der Waals surface area contributed by atoms with Crippen molar-refractivity contribution < 1.29 is 28.3 Å². The fourth-order valence-corrected chi connectivity index (χ4v) is 4.12. The summed E-state index contributed by atoms with van der Waals surface area (Å²) in [6, 6.07) is -1.22. The maximum atomic E-state index is 14.6. The Hall–Kier alpha value is -1.74. The molecule has 0 aliphatic carbocycles. The van der Waals surface area contributed by atoms with Gasteiger partial charge in [0.05, 0.1) is 6.04 Å². The molecule has 1 saturated heterocycles. The van der Waals surface area contributed by atoms with Crippen LogP contribution in [0.25, 0.3) is 0 Å². The molecule has 2 amide bonds. The monoisotopic (exact) mass is 461 g/mol. The third-order valence-electron chi connectivity index (χ3n) is 5.24. The zero-order valence-electron chi connectivity index (χ0n) is 20.9. The lowest BCUT2D eigenvalue weighted by molar-refractivity contribution is -0.246. The molecule has 0 bridgehead atoms. The standard InChI is InChI=1S/C23H41F2N3O4/c1-15(2)12-16(27-19(30)32-20(3,4)5)10-11-23(24,25)18(29)26-17-13-21(6,7)28(31)22(8,9)14-17/h10-11,15-17,31H,12-14H2,1-9H3,(H,26,29)(H,27,30)/t16-/m1/s1. The van der Waals surface area contributed by atoms with E-state index in [0.717, 1.165) is 6.08 Å². The summed E-state index contributed by atoms with van der Waals surface area (Å²) in [7, 11) is 0. The number of alkyl halides is 2. The van der Waals surface area contributed by atoms with Gasteiger partial charge in [0.15, 0.2) is 0 Å². The number of nitrogens with one attached hydrogen (secondary N) is 2. The smallest absolute Gasteiger partial charge is 0.408 e. The third-order valence-corrected chi connectivity index (χ3v) is 5.24. The fourth-order valence-electron chi connectivity index (χ4n) is 4.12. The minimum Gasteiger partial charge on any atom is -0.444 e. The summed E-state index contributed by atoms with van der Waals surface area (Å²) in [5.74, 6) is -5.04. The van der Waals surface area contributed by atoms with Crippen molar-refractivity contribution in [2.24, 2.45) is 5.92 Å². The Labute approximate surface area is 190 Å². The van der Waals surface area contributed by atoms with Crippen LogP contribution in [-0.4, -0.2) is 57.0 Å². The number of carbonyl (C=O) groups is 2. The highest BCUT2D eigenvalue weighted by Crippen LogP contribution is 2.37. The van der Waals surface area contributed by atoms with E-state index in [4.69, 9.17) is 4.74 Å². The van der Waals surface area contributed by atoms with Crippen LogP contribution in [-0.2, 0) is 9.53 Å². The molecule has 3 N–H and O–H groups in total. The Morgan fingerprint density at radius 2 is 1.66 bits per heavy atom. The molecule has 7 nitrogen and oxygen atoms in total. The maximum absolute atomic E-state index is 14.6. The van der Waals surface area contributed by atoms with Gasteiger partial charge in [-0.05, 0) is 79.7 Å². The SMILES string of the molecule is CC(C)C[C@@H](C=CC(F)(F)C(=O)NC1CC(C)(C)N(O)C(C)(C)C1)NC(=O)OC(C)(C)C. The highest BCUT2D eigenvalue weighted by molar-refractivity contribution is 5.85. The van der Waals surface area contributed by atoms with Crippen molar-refractivity contribution in [3.05, 3.63) is 12.2 Å². The number of rotatable bonds is 7. The Morgan fingerprint density at radius 3 is 2.09 bits per heavy atom. The van der Waals surface area contributed by atoms with Crippen molar-refractivity contribution in [3.8, 4) is 0 Å². The number of hydrogen-bond acceptors (Lipinski definition) is 5. The largest absolute Gasteiger partial charge is 0.444 e. The molecule has 1 fully saturated rings. The van der Waals surface area contributed by atoms with Gasteiger partial charge < -0.3 is 20.6 Å². The van der Waals surface area contributed by atoms with Crippen LogP contribution < -0.4 is 10.6 Å². The molecule has 9 heteroatoms. The van der Waals surface area contributed by atoms with Crippen LogP contribution in [0.5, 0.6) is 0 Å². The first-order valence-corrected chi connectivity index (χ1v) is 11.1. The van der Waals surface area contributed by atoms with Crippen LogP contribution in [0.3, 0.4) is 0 Å². The summed E-state index contributed by atoms with van der Waals surface area (Å²) in [5, 5.41) is 16.6. The molecule has 0 aromatic heterocycles. The zero-order chi connectivity index (χ0) is 25.1. The Morgan fingerprint density at radius 1 is 1.16 bits per heavy atom. The molecule has 1 atom stereocenters. The molecule has 0 saturated carbocycles. The summed E-state index contributed by atoms with van der Waals surface area (Å²) >= 11 is 0. The van der Waals surface area contributed by atoms with Crippen molar-refractivity contribution >= 4 is 12.0 Å². The third kappa shape index (κ3) is 8.65. The summed E-state index contributed by atoms with van der Waals surface area (Å²) < 4.78 is 34.5. The van der Waals surface area contributed by atoms with E-state index >= 15 is 0 Å². The molecule has 0 radical (unpaired) electrons. The minimum atomic E-state index is -3.75. The van der Waals surface area contributed by atoms with Crippen LogP contribution >= 0.6 is 0 Å². The molecule has 1 heterocycles. The van der Waals surface area contributed by atoms with Crippen molar-refractivity contribution in [1.82, 2.24) is 15.7 Å². The number of ether oxygens (including phenoxy) is 1. The average Bonchev–Trinajstić information content (AvgIpc) is 2.54. The van der Waals surface area contributed by atoms with Crippen molar-refractivity contribution in [2.75, 3.05) is 0 Å². The first-order chi connectivity index (χ1) is 14.2. The number of carbonyl (C=O) groups excluding carboxylic acids is 2. The van der Waals surface area contributed by atoms with Gasteiger partial charge in [-0.3, -0.25) is 4.79 Å². The summed E-state index contributed by atoms with van der Waals surface area (Å²) in [6.45, 7) is 16.1. The van der Waals surface area contributed by atoms with E-state index in [2.05, 4.69) is 10.6 Å². The Balaban J connectivity index is 2.88. The van der Waals surface area contributed by atoms with Crippen molar-refractivity contribution in [3.63, 3.8) is 0 Å². The number of halogens is 2. The van der Waals surface area contributed by atoms with E-state index in [1.54, 1.807) is 48.5 Å². The second kappa shape index (κ2) is 10.0. The maximum Gasteiger partial charge on any atom is 0.408 e. The number of amides is 2. The Bertz CT molecular complexity index is 682. The minimum absolute atomic E-state index is 0.121. The number of piperidine rings is 1.